The fraction of sp³-hybridized carbons (Fsp3) is 0.125. The Kier molecular flexibility index (Phi) is 6.33. The van der Waals surface area contributed by atoms with Crippen molar-refractivity contribution in [1.29, 1.82) is 0 Å². The van der Waals surface area contributed by atoms with Crippen molar-refractivity contribution in [2.45, 2.75) is 11.8 Å². The molecule has 4 rings (SSSR count). The molecule has 3 aromatic carbocycles. The van der Waals surface area contributed by atoms with Crippen LogP contribution in [0.2, 0.25) is 0 Å². The highest BCUT2D eigenvalue weighted by molar-refractivity contribution is 7.99. The molecule has 0 unspecified atom stereocenters. The molecule has 31 heavy (non-hydrogen) atoms. The minimum Gasteiger partial charge on any atom is -0.489 e. The average molecular weight is 432 g/mol. The predicted octanol–water partition coefficient (Wildman–Crippen LogP) is 4.24. The largest absolute Gasteiger partial charge is 0.489 e. The minimum absolute atomic E-state index is 0.125. The Morgan fingerprint density at radius 3 is 2.48 bits per heavy atom. The van der Waals surface area contributed by atoms with E-state index in [9.17, 15) is 9.59 Å². The zero-order valence-electron chi connectivity index (χ0n) is 16.9. The van der Waals surface area contributed by atoms with Crippen LogP contribution in [0, 0.1) is 0 Å². The Hall–Kier alpha value is -3.58. The lowest BCUT2D eigenvalue weighted by molar-refractivity contribution is -0.113. The second kappa shape index (κ2) is 9.49. The number of thioether (sulfide) groups is 1. The summed E-state index contributed by atoms with van der Waals surface area (Å²) >= 11 is 1.23. The third kappa shape index (κ3) is 5.13. The lowest BCUT2D eigenvalue weighted by atomic mass is 10.2. The summed E-state index contributed by atoms with van der Waals surface area (Å²) in [6.45, 7) is 0.487. The maximum absolute atomic E-state index is 12.5. The maximum Gasteiger partial charge on any atom is 0.261 e. The number of nitrogens with one attached hydrogen (secondary N) is 1. The summed E-state index contributed by atoms with van der Waals surface area (Å²) in [5, 5.41) is 3.92. The predicted molar refractivity (Wildman–Crippen MR) is 124 cm³/mol. The van der Waals surface area contributed by atoms with Crippen molar-refractivity contribution in [3.63, 3.8) is 0 Å². The van der Waals surface area contributed by atoms with Crippen molar-refractivity contribution in [3.05, 3.63) is 94.8 Å². The van der Waals surface area contributed by atoms with Gasteiger partial charge in [-0.25, -0.2) is 4.98 Å². The highest BCUT2D eigenvalue weighted by Gasteiger charge is 2.11. The second-order valence-corrected chi connectivity index (χ2v) is 7.85. The standard InChI is InChI=1S/C24H21N3O3S/c1-27-23(29)20-9-5-6-10-21(20)26-24(27)31-16-22(28)25-18-11-13-19(14-12-18)30-15-17-7-3-2-4-8-17/h2-14H,15-16H2,1H3,(H,25,28). The van der Waals surface area contributed by atoms with E-state index in [1.807, 2.05) is 54.6 Å². The average Bonchev–Trinajstić information content (AvgIpc) is 2.81. The van der Waals surface area contributed by atoms with Crippen molar-refractivity contribution in [3.8, 4) is 5.75 Å². The van der Waals surface area contributed by atoms with E-state index in [0.717, 1.165) is 11.3 Å². The lowest BCUT2D eigenvalue weighted by Gasteiger charge is -2.10. The molecule has 4 aromatic rings. The van der Waals surface area contributed by atoms with Gasteiger partial charge in [0, 0.05) is 12.7 Å². The fourth-order valence-corrected chi connectivity index (χ4v) is 3.80. The Bertz CT molecular complexity index is 1250. The van der Waals surface area contributed by atoms with Gasteiger partial charge in [0.1, 0.15) is 12.4 Å². The summed E-state index contributed by atoms with van der Waals surface area (Å²) in [4.78, 5) is 29.3. The van der Waals surface area contributed by atoms with E-state index >= 15 is 0 Å². The molecule has 0 radical (unpaired) electrons. The van der Waals surface area contributed by atoms with Gasteiger partial charge in [-0.2, -0.15) is 0 Å². The number of rotatable bonds is 7. The van der Waals surface area contributed by atoms with Crippen molar-refractivity contribution >= 4 is 34.3 Å². The van der Waals surface area contributed by atoms with E-state index in [2.05, 4.69) is 10.3 Å². The van der Waals surface area contributed by atoms with Gasteiger partial charge >= 0.3 is 0 Å². The zero-order chi connectivity index (χ0) is 21.6. The molecule has 0 saturated heterocycles. The van der Waals surface area contributed by atoms with Crippen LogP contribution in [0.5, 0.6) is 5.75 Å². The lowest BCUT2D eigenvalue weighted by Crippen LogP contribution is -2.21. The molecule has 0 atom stereocenters. The van der Waals surface area contributed by atoms with Crippen LogP contribution in [0.15, 0.2) is 88.8 Å². The van der Waals surface area contributed by atoms with E-state index in [1.54, 1.807) is 31.3 Å². The van der Waals surface area contributed by atoms with Crippen LogP contribution in [0.4, 0.5) is 5.69 Å². The first-order chi connectivity index (χ1) is 15.1. The summed E-state index contributed by atoms with van der Waals surface area (Å²) in [6.07, 6.45) is 0. The SMILES string of the molecule is Cn1c(SCC(=O)Nc2ccc(OCc3ccccc3)cc2)nc2ccccc2c1=O. The van der Waals surface area contributed by atoms with E-state index in [4.69, 9.17) is 4.74 Å². The van der Waals surface area contributed by atoms with Crippen LogP contribution in [-0.2, 0) is 18.4 Å². The molecule has 0 aliphatic rings. The number of nitrogens with zero attached hydrogens (tertiary/aromatic N) is 2. The number of carbonyl (C=O) groups excluding carboxylic acids is 1. The Balaban J connectivity index is 1.33. The molecule has 0 saturated carbocycles. The number of hydrogen-bond acceptors (Lipinski definition) is 5. The molecule has 0 aliphatic heterocycles. The number of hydrogen-bond donors (Lipinski definition) is 1. The molecule has 0 spiro atoms. The molecule has 6 nitrogen and oxygen atoms in total. The number of aromatic nitrogens is 2. The normalized spacial score (nSPS) is 10.7. The van der Waals surface area contributed by atoms with Gasteiger partial charge in [0.2, 0.25) is 5.91 Å². The van der Waals surface area contributed by atoms with Gasteiger partial charge in [0.25, 0.3) is 5.56 Å². The maximum atomic E-state index is 12.5. The fourth-order valence-electron chi connectivity index (χ4n) is 3.03. The summed E-state index contributed by atoms with van der Waals surface area (Å²) in [6, 6.07) is 24.4. The van der Waals surface area contributed by atoms with Gasteiger partial charge in [-0.05, 0) is 42.0 Å². The Labute approximate surface area is 183 Å². The summed E-state index contributed by atoms with van der Waals surface area (Å²) in [5.74, 6) is 0.696. The molecule has 1 aromatic heterocycles. The van der Waals surface area contributed by atoms with E-state index in [-0.39, 0.29) is 17.2 Å². The van der Waals surface area contributed by atoms with E-state index in [1.165, 1.54) is 16.3 Å². The molecule has 0 bridgehead atoms. The number of para-hydroxylation sites is 1. The van der Waals surface area contributed by atoms with Crippen molar-refractivity contribution in [2.75, 3.05) is 11.1 Å². The van der Waals surface area contributed by atoms with E-state index < -0.39 is 0 Å². The topological polar surface area (TPSA) is 73.2 Å². The van der Waals surface area contributed by atoms with Gasteiger partial charge in [0.15, 0.2) is 5.16 Å². The molecular weight excluding hydrogens is 410 g/mol. The van der Waals surface area contributed by atoms with Gasteiger partial charge in [-0.1, -0.05) is 54.2 Å². The van der Waals surface area contributed by atoms with Crippen molar-refractivity contribution in [2.24, 2.45) is 7.05 Å². The molecule has 0 fully saturated rings. The summed E-state index contributed by atoms with van der Waals surface area (Å²) in [5.41, 5.74) is 2.27. The summed E-state index contributed by atoms with van der Waals surface area (Å²) < 4.78 is 7.23. The van der Waals surface area contributed by atoms with Crippen LogP contribution in [0.3, 0.4) is 0 Å². The zero-order valence-corrected chi connectivity index (χ0v) is 17.8. The minimum atomic E-state index is -0.176. The molecule has 7 heteroatoms. The van der Waals surface area contributed by atoms with Gasteiger partial charge in [-0.15, -0.1) is 0 Å². The smallest absolute Gasteiger partial charge is 0.261 e. The Morgan fingerprint density at radius 1 is 1.00 bits per heavy atom. The number of benzene rings is 3. The van der Waals surface area contributed by atoms with Gasteiger partial charge < -0.3 is 10.1 Å². The van der Waals surface area contributed by atoms with Crippen LogP contribution in [0.25, 0.3) is 10.9 Å². The molecule has 1 N–H and O–H groups in total. The highest BCUT2D eigenvalue weighted by atomic mass is 32.2. The molecular formula is C24H21N3O3S. The third-order valence-corrected chi connectivity index (χ3v) is 5.69. The number of ether oxygens (including phenoxy) is 1. The number of amides is 1. The number of carbonyl (C=O) groups is 1. The summed E-state index contributed by atoms with van der Waals surface area (Å²) in [7, 11) is 1.66. The van der Waals surface area contributed by atoms with Crippen LogP contribution in [-0.4, -0.2) is 21.2 Å². The number of anilines is 1. The van der Waals surface area contributed by atoms with Crippen LogP contribution < -0.4 is 15.6 Å². The Morgan fingerprint density at radius 2 is 1.71 bits per heavy atom. The van der Waals surface area contributed by atoms with Crippen LogP contribution in [0.1, 0.15) is 5.56 Å². The molecule has 156 valence electrons. The first-order valence-corrected chi connectivity index (χ1v) is 10.7. The number of fused-ring (bicyclic) bond motifs is 1. The quantitative estimate of drug-likeness (QED) is 0.350. The molecule has 1 amide bonds. The van der Waals surface area contributed by atoms with Crippen LogP contribution >= 0.6 is 11.8 Å². The van der Waals surface area contributed by atoms with E-state index in [0.29, 0.717) is 28.4 Å². The first kappa shape index (κ1) is 20.7. The highest BCUT2D eigenvalue weighted by Crippen LogP contribution is 2.19. The molecule has 0 aliphatic carbocycles. The first-order valence-electron chi connectivity index (χ1n) is 9.75. The van der Waals surface area contributed by atoms with Gasteiger partial charge in [-0.3, -0.25) is 14.2 Å². The second-order valence-electron chi connectivity index (χ2n) is 6.91. The van der Waals surface area contributed by atoms with Gasteiger partial charge in [0.05, 0.1) is 16.7 Å². The van der Waals surface area contributed by atoms with Crippen molar-refractivity contribution in [1.82, 2.24) is 9.55 Å². The molecule has 1 heterocycles. The third-order valence-electron chi connectivity index (χ3n) is 4.66. The van der Waals surface area contributed by atoms with Crippen molar-refractivity contribution < 1.29 is 9.53 Å². The monoisotopic (exact) mass is 431 g/mol.